The highest BCUT2D eigenvalue weighted by Crippen LogP contribution is 2.17. The molecule has 3 rings (SSSR count). The lowest BCUT2D eigenvalue weighted by Gasteiger charge is -2.26. The lowest BCUT2D eigenvalue weighted by Crippen LogP contribution is -2.37. The molecular formula is C16H21N3O. The molecule has 0 unspecified atom stereocenters. The molecule has 20 heavy (non-hydrogen) atoms. The molecule has 2 heterocycles. The quantitative estimate of drug-likeness (QED) is 0.897. The van der Waals surface area contributed by atoms with Crippen LogP contribution in [0.15, 0.2) is 30.5 Å². The number of hydrogen-bond donors (Lipinski definition) is 2. The Balaban J connectivity index is 1.57. The molecule has 1 aliphatic heterocycles. The van der Waals surface area contributed by atoms with E-state index >= 15 is 0 Å². The zero-order chi connectivity index (χ0) is 13.8. The maximum atomic E-state index is 12.3. The Morgan fingerprint density at radius 1 is 1.20 bits per heavy atom. The predicted molar refractivity (Wildman–Crippen MR) is 80.9 cm³/mol. The molecule has 4 nitrogen and oxygen atoms in total. The average molecular weight is 271 g/mol. The number of nitrogens with one attached hydrogen (secondary N) is 2. The Bertz CT molecular complexity index is 584. The molecule has 2 N–H and O–H groups in total. The predicted octanol–water partition coefficient (Wildman–Crippen LogP) is 2.38. The number of H-pyrrole nitrogens is 1. The van der Waals surface area contributed by atoms with Gasteiger partial charge in [-0.05, 0) is 44.1 Å². The van der Waals surface area contributed by atoms with Crippen LogP contribution in [0, 0.1) is 0 Å². The molecule has 106 valence electrons. The van der Waals surface area contributed by atoms with Crippen molar-refractivity contribution in [3.63, 3.8) is 0 Å². The summed E-state index contributed by atoms with van der Waals surface area (Å²) in [6.07, 6.45) is 5.79. The minimum absolute atomic E-state index is 0.0206. The molecule has 0 bridgehead atoms. The van der Waals surface area contributed by atoms with Gasteiger partial charge in [-0.1, -0.05) is 12.5 Å². The third-order valence-electron chi connectivity index (χ3n) is 4.00. The summed E-state index contributed by atoms with van der Waals surface area (Å²) in [6, 6.07) is 7.74. The van der Waals surface area contributed by atoms with Crippen molar-refractivity contribution in [2.24, 2.45) is 0 Å². The fourth-order valence-corrected chi connectivity index (χ4v) is 2.89. The van der Waals surface area contributed by atoms with Crippen LogP contribution in [0.4, 0.5) is 0 Å². The van der Waals surface area contributed by atoms with Crippen LogP contribution in [0.1, 0.15) is 29.6 Å². The monoisotopic (exact) mass is 271 g/mol. The smallest absolute Gasteiger partial charge is 0.252 e. The number of carbonyl (C=O) groups is 1. The van der Waals surface area contributed by atoms with E-state index in [9.17, 15) is 4.79 Å². The molecule has 1 amide bonds. The van der Waals surface area contributed by atoms with E-state index in [-0.39, 0.29) is 5.91 Å². The van der Waals surface area contributed by atoms with Gasteiger partial charge in [-0.15, -0.1) is 0 Å². The summed E-state index contributed by atoms with van der Waals surface area (Å²) in [5.41, 5.74) is 1.76. The Kier molecular flexibility index (Phi) is 4.02. The van der Waals surface area contributed by atoms with E-state index in [0.29, 0.717) is 0 Å². The lowest BCUT2D eigenvalue weighted by atomic mass is 10.1. The van der Waals surface area contributed by atoms with E-state index in [2.05, 4.69) is 15.2 Å². The SMILES string of the molecule is O=C(NCCN1CCCCC1)c1cccc2[nH]ccc12. The van der Waals surface area contributed by atoms with Crippen molar-refractivity contribution in [3.05, 3.63) is 36.0 Å². The van der Waals surface area contributed by atoms with Crippen LogP contribution >= 0.6 is 0 Å². The number of nitrogens with zero attached hydrogens (tertiary/aromatic N) is 1. The van der Waals surface area contributed by atoms with Crippen molar-refractivity contribution in [1.82, 2.24) is 15.2 Å². The molecule has 0 aliphatic carbocycles. The number of rotatable bonds is 4. The first-order valence-corrected chi connectivity index (χ1v) is 7.41. The second kappa shape index (κ2) is 6.09. The third-order valence-corrected chi connectivity index (χ3v) is 4.00. The summed E-state index contributed by atoms with van der Waals surface area (Å²) in [4.78, 5) is 17.8. The molecule has 0 atom stereocenters. The zero-order valence-electron chi connectivity index (χ0n) is 11.7. The molecule has 0 spiro atoms. The topological polar surface area (TPSA) is 48.1 Å². The van der Waals surface area contributed by atoms with Gasteiger partial charge in [-0.2, -0.15) is 0 Å². The van der Waals surface area contributed by atoms with E-state index in [0.717, 1.165) is 29.6 Å². The molecule has 2 aromatic rings. The first kappa shape index (κ1) is 13.2. The zero-order valence-corrected chi connectivity index (χ0v) is 11.7. The van der Waals surface area contributed by atoms with Gasteiger partial charge in [0.2, 0.25) is 0 Å². The minimum atomic E-state index is 0.0206. The number of hydrogen-bond acceptors (Lipinski definition) is 2. The molecule has 4 heteroatoms. The van der Waals surface area contributed by atoms with E-state index in [4.69, 9.17) is 0 Å². The first-order chi connectivity index (χ1) is 9.84. The summed E-state index contributed by atoms with van der Waals surface area (Å²) in [7, 11) is 0. The fraction of sp³-hybridized carbons (Fsp3) is 0.438. The third kappa shape index (κ3) is 2.85. The lowest BCUT2D eigenvalue weighted by molar-refractivity contribution is 0.0948. The largest absolute Gasteiger partial charge is 0.361 e. The van der Waals surface area contributed by atoms with Gasteiger partial charge < -0.3 is 15.2 Å². The Labute approximate surface area is 119 Å². The van der Waals surface area contributed by atoms with Crippen LogP contribution in [0.5, 0.6) is 0 Å². The second-order valence-corrected chi connectivity index (χ2v) is 5.40. The molecule has 1 saturated heterocycles. The van der Waals surface area contributed by atoms with Gasteiger partial charge in [0.25, 0.3) is 5.91 Å². The first-order valence-electron chi connectivity index (χ1n) is 7.41. The highest BCUT2D eigenvalue weighted by atomic mass is 16.1. The normalized spacial score (nSPS) is 16.4. The Morgan fingerprint density at radius 2 is 2.05 bits per heavy atom. The molecule has 1 fully saturated rings. The van der Waals surface area contributed by atoms with Crippen molar-refractivity contribution in [1.29, 1.82) is 0 Å². The van der Waals surface area contributed by atoms with Gasteiger partial charge in [0, 0.05) is 35.8 Å². The number of likely N-dealkylation sites (tertiary alicyclic amines) is 1. The molecule has 1 aliphatic rings. The summed E-state index contributed by atoms with van der Waals surface area (Å²) >= 11 is 0. The molecule has 1 aromatic carbocycles. The van der Waals surface area contributed by atoms with Gasteiger partial charge in [-0.3, -0.25) is 4.79 Å². The van der Waals surface area contributed by atoms with Gasteiger partial charge in [0.05, 0.1) is 0 Å². The van der Waals surface area contributed by atoms with Gasteiger partial charge >= 0.3 is 0 Å². The van der Waals surface area contributed by atoms with Crippen LogP contribution in [0.2, 0.25) is 0 Å². The maximum absolute atomic E-state index is 12.3. The summed E-state index contributed by atoms with van der Waals surface area (Å²) in [5, 5.41) is 4.02. The summed E-state index contributed by atoms with van der Waals surface area (Å²) in [6.45, 7) is 4.01. The van der Waals surface area contributed by atoms with E-state index in [1.54, 1.807) is 0 Å². The number of aromatic amines is 1. The molecule has 0 saturated carbocycles. The Morgan fingerprint density at radius 3 is 2.90 bits per heavy atom. The number of carbonyl (C=O) groups excluding carboxylic acids is 1. The summed E-state index contributed by atoms with van der Waals surface area (Å²) in [5.74, 6) is 0.0206. The highest BCUT2D eigenvalue weighted by Gasteiger charge is 2.12. The molecular weight excluding hydrogens is 250 g/mol. The average Bonchev–Trinajstić information content (AvgIpc) is 2.96. The van der Waals surface area contributed by atoms with E-state index in [1.807, 2.05) is 30.5 Å². The highest BCUT2D eigenvalue weighted by molar-refractivity contribution is 6.06. The van der Waals surface area contributed by atoms with Gasteiger partial charge in [-0.25, -0.2) is 0 Å². The van der Waals surface area contributed by atoms with Crippen LogP contribution in [0.25, 0.3) is 10.9 Å². The number of benzene rings is 1. The van der Waals surface area contributed by atoms with Crippen molar-refractivity contribution < 1.29 is 4.79 Å². The van der Waals surface area contributed by atoms with Crippen molar-refractivity contribution in [2.45, 2.75) is 19.3 Å². The second-order valence-electron chi connectivity index (χ2n) is 5.40. The number of amides is 1. The van der Waals surface area contributed by atoms with Crippen molar-refractivity contribution in [2.75, 3.05) is 26.2 Å². The van der Waals surface area contributed by atoms with Crippen LogP contribution in [-0.4, -0.2) is 42.0 Å². The number of piperidine rings is 1. The van der Waals surface area contributed by atoms with Crippen LogP contribution in [-0.2, 0) is 0 Å². The van der Waals surface area contributed by atoms with Gasteiger partial charge in [0.15, 0.2) is 0 Å². The standard InChI is InChI=1S/C16H21N3O/c20-16(18-9-12-19-10-2-1-3-11-19)14-5-4-6-15-13(14)7-8-17-15/h4-8,17H,1-3,9-12H2,(H,18,20). The van der Waals surface area contributed by atoms with Gasteiger partial charge in [0.1, 0.15) is 0 Å². The number of fused-ring (bicyclic) bond motifs is 1. The Hall–Kier alpha value is -1.81. The van der Waals surface area contributed by atoms with Crippen molar-refractivity contribution in [3.8, 4) is 0 Å². The molecule has 1 aromatic heterocycles. The molecule has 0 radical (unpaired) electrons. The van der Waals surface area contributed by atoms with Crippen LogP contribution in [0.3, 0.4) is 0 Å². The minimum Gasteiger partial charge on any atom is -0.361 e. The van der Waals surface area contributed by atoms with Crippen molar-refractivity contribution >= 4 is 16.8 Å². The van der Waals surface area contributed by atoms with E-state index < -0.39 is 0 Å². The summed E-state index contributed by atoms with van der Waals surface area (Å²) < 4.78 is 0. The number of aromatic nitrogens is 1. The van der Waals surface area contributed by atoms with Crippen LogP contribution < -0.4 is 5.32 Å². The maximum Gasteiger partial charge on any atom is 0.252 e. The van der Waals surface area contributed by atoms with E-state index in [1.165, 1.54) is 32.4 Å². The fourth-order valence-electron chi connectivity index (χ4n) is 2.89.